The minimum Gasteiger partial charge on any atom is -0.455 e. The van der Waals surface area contributed by atoms with E-state index in [4.69, 9.17) is 4.42 Å². The number of rotatable bonds is 7. The standard InChI is InChI=1S/C52H35NO/c1-4-13-36(14-5-1)39-23-28-45(29-24-39)53(49-21-12-22-50-51(49)48-32-27-41-19-10-11-20-47(41)52(48)54-50)46-30-25-40(26-31-46)44-34-42(37-15-6-2-7-16-37)33-43(35-44)38-17-8-3-9-18-38/h1-35H. The van der Waals surface area contributed by atoms with Crippen molar-refractivity contribution in [2.24, 2.45) is 0 Å². The van der Waals surface area contributed by atoms with Crippen molar-refractivity contribution in [1.82, 2.24) is 0 Å². The summed E-state index contributed by atoms with van der Waals surface area (Å²) in [5.74, 6) is 0. The zero-order valence-electron chi connectivity index (χ0n) is 29.6. The van der Waals surface area contributed by atoms with E-state index in [-0.39, 0.29) is 0 Å². The Kier molecular flexibility index (Phi) is 7.85. The maximum atomic E-state index is 6.65. The Bertz CT molecular complexity index is 2840. The van der Waals surface area contributed by atoms with Gasteiger partial charge < -0.3 is 9.32 Å². The van der Waals surface area contributed by atoms with Crippen LogP contribution in [-0.2, 0) is 0 Å². The monoisotopic (exact) mass is 689 g/mol. The smallest absolute Gasteiger partial charge is 0.143 e. The Morgan fingerprint density at radius 3 is 1.33 bits per heavy atom. The van der Waals surface area contributed by atoms with Crippen LogP contribution in [0, 0.1) is 0 Å². The molecule has 0 aliphatic heterocycles. The van der Waals surface area contributed by atoms with Gasteiger partial charge in [0, 0.05) is 22.1 Å². The van der Waals surface area contributed by atoms with Gasteiger partial charge in [-0.3, -0.25) is 0 Å². The predicted molar refractivity (Wildman–Crippen MR) is 228 cm³/mol. The third kappa shape index (κ3) is 5.71. The third-order valence-corrected chi connectivity index (χ3v) is 10.4. The van der Waals surface area contributed by atoms with E-state index in [1.54, 1.807) is 0 Å². The largest absolute Gasteiger partial charge is 0.455 e. The van der Waals surface area contributed by atoms with Crippen LogP contribution in [0.2, 0.25) is 0 Å². The van der Waals surface area contributed by atoms with E-state index < -0.39 is 0 Å². The van der Waals surface area contributed by atoms with Crippen LogP contribution >= 0.6 is 0 Å². The highest BCUT2D eigenvalue weighted by Crippen LogP contribution is 2.45. The average molecular weight is 690 g/mol. The Hall–Kier alpha value is -7.16. The van der Waals surface area contributed by atoms with E-state index >= 15 is 0 Å². The fraction of sp³-hybridized carbons (Fsp3) is 0. The van der Waals surface area contributed by atoms with Crippen molar-refractivity contribution in [2.75, 3.05) is 4.90 Å². The van der Waals surface area contributed by atoms with Gasteiger partial charge in [-0.2, -0.15) is 0 Å². The van der Waals surface area contributed by atoms with E-state index in [2.05, 4.69) is 217 Å². The molecule has 0 atom stereocenters. The van der Waals surface area contributed by atoms with Gasteiger partial charge in [0.1, 0.15) is 11.2 Å². The van der Waals surface area contributed by atoms with Crippen molar-refractivity contribution in [2.45, 2.75) is 0 Å². The molecule has 9 aromatic carbocycles. The lowest BCUT2D eigenvalue weighted by Crippen LogP contribution is -2.10. The first-order chi connectivity index (χ1) is 26.8. The van der Waals surface area contributed by atoms with Crippen molar-refractivity contribution < 1.29 is 4.42 Å². The molecular formula is C52H35NO. The first kappa shape index (κ1) is 31.6. The van der Waals surface area contributed by atoms with Gasteiger partial charge in [0.25, 0.3) is 0 Å². The minimum absolute atomic E-state index is 0.868. The summed E-state index contributed by atoms with van der Waals surface area (Å²) in [6.45, 7) is 0. The molecule has 0 unspecified atom stereocenters. The molecule has 1 heterocycles. The van der Waals surface area contributed by atoms with E-state index in [9.17, 15) is 0 Å². The molecule has 0 saturated carbocycles. The second-order valence-corrected chi connectivity index (χ2v) is 13.7. The lowest BCUT2D eigenvalue weighted by atomic mass is 9.93. The molecule has 0 N–H and O–H groups in total. The van der Waals surface area contributed by atoms with Crippen LogP contribution in [0.4, 0.5) is 17.1 Å². The predicted octanol–water partition coefficient (Wildman–Crippen LogP) is 14.9. The van der Waals surface area contributed by atoms with Gasteiger partial charge >= 0.3 is 0 Å². The molecule has 2 heteroatoms. The van der Waals surface area contributed by atoms with Gasteiger partial charge in [-0.05, 0) is 111 Å². The molecule has 0 spiro atoms. The number of hydrogen-bond acceptors (Lipinski definition) is 2. The Labute approximate surface area is 314 Å². The van der Waals surface area contributed by atoms with E-state index in [1.807, 2.05) is 0 Å². The normalized spacial score (nSPS) is 11.3. The molecule has 0 bridgehead atoms. The van der Waals surface area contributed by atoms with Crippen LogP contribution in [-0.4, -0.2) is 0 Å². The molecule has 254 valence electrons. The summed E-state index contributed by atoms with van der Waals surface area (Å²) in [5.41, 5.74) is 14.5. The highest BCUT2D eigenvalue weighted by Gasteiger charge is 2.21. The second kappa shape index (κ2) is 13.4. The molecular weight excluding hydrogens is 655 g/mol. The maximum Gasteiger partial charge on any atom is 0.143 e. The van der Waals surface area contributed by atoms with Crippen LogP contribution in [0.1, 0.15) is 0 Å². The molecule has 0 saturated heterocycles. The fourth-order valence-corrected chi connectivity index (χ4v) is 7.77. The Morgan fingerprint density at radius 2 is 0.778 bits per heavy atom. The van der Waals surface area contributed by atoms with Gasteiger partial charge in [0.2, 0.25) is 0 Å². The first-order valence-electron chi connectivity index (χ1n) is 18.4. The number of hydrogen-bond donors (Lipinski definition) is 0. The fourth-order valence-electron chi connectivity index (χ4n) is 7.77. The topological polar surface area (TPSA) is 16.4 Å². The molecule has 0 fully saturated rings. The molecule has 1 aromatic heterocycles. The highest BCUT2D eigenvalue weighted by atomic mass is 16.3. The summed E-state index contributed by atoms with van der Waals surface area (Å²) >= 11 is 0. The number of anilines is 3. The van der Waals surface area contributed by atoms with Crippen LogP contribution in [0.5, 0.6) is 0 Å². The van der Waals surface area contributed by atoms with Gasteiger partial charge in [0.15, 0.2) is 0 Å². The minimum atomic E-state index is 0.868. The lowest BCUT2D eigenvalue weighted by molar-refractivity contribution is 0.672. The van der Waals surface area contributed by atoms with Gasteiger partial charge in [-0.15, -0.1) is 0 Å². The van der Waals surface area contributed by atoms with Crippen LogP contribution in [0.25, 0.3) is 77.2 Å². The molecule has 0 aliphatic carbocycles. The number of fused-ring (bicyclic) bond motifs is 5. The Morgan fingerprint density at radius 1 is 0.315 bits per heavy atom. The van der Waals surface area contributed by atoms with Crippen LogP contribution in [0.3, 0.4) is 0 Å². The van der Waals surface area contributed by atoms with Crippen molar-refractivity contribution in [1.29, 1.82) is 0 Å². The summed E-state index contributed by atoms with van der Waals surface area (Å²) in [7, 11) is 0. The highest BCUT2D eigenvalue weighted by molar-refractivity contribution is 6.19. The van der Waals surface area contributed by atoms with Crippen LogP contribution < -0.4 is 4.90 Å². The molecule has 0 amide bonds. The number of nitrogens with zero attached hydrogens (tertiary/aromatic N) is 1. The van der Waals surface area contributed by atoms with E-state index in [1.165, 1.54) is 44.3 Å². The molecule has 0 radical (unpaired) electrons. The Balaban J connectivity index is 1.13. The lowest BCUT2D eigenvalue weighted by Gasteiger charge is -2.26. The molecule has 2 nitrogen and oxygen atoms in total. The van der Waals surface area contributed by atoms with E-state index in [0.717, 1.165) is 50.0 Å². The quantitative estimate of drug-likeness (QED) is 0.166. The number of furan rings is 1. The maximum absolute atomic E-state index is 6.65. The molecule has 10 rings (SSSR count). The van der Waals surface area contributed by atoms with Gasteiger partial charge in [-0.1, -0.05) is 152 Å². The van der Waals surface area contributed by atoms with E-state index in [0.29, 0.717) is 0 Å². The summed E-state index contributed by atoms with van der Waals surface area (Å²) in [5, 5.41) is 4.49. The third-order valence-electron chi connectivity index (χ3n) is 10.4. The van der Waals surface area contributed by atoms with Crippen molar-refractivity contribution in [3.8, 4) is 44.5 Å². The zero-order chi connectivity index (χ0) is 35.8. The first-order valence-corrected chi connectivity index (χ1v) is 18.4. The summed E-state index contributed by atoms with van der Waals surface area (Å²) < 4.78 is 6.65. The number of benzene rings is 9. The SMILES string of the molecule is c1ccc(-c2ccc(N(c3ccc(-c4cc(-c5ccccc5)cc(-c5ccccc5)c4)cc3)c3cccc4oc5c6ccccc6ccc5c34)cc2)cc1. The molecule has 0 aliphatic rings. The van der Waals surface area contributed by atoms with Crippen molar-refractivity contribution >= 4 is 49.8 Å². The van der Waals surface area contributed by atoms with Crippen molar-refractivity contribution in [3.05, 3.63) is 212 Å². The van der Waals surface area contributed by atoms with Gasteiger partial charge in [0.05, 0.1) is 11.1 Å². The molecule has 10 aromatic rings. The summed E-state index contributed by atoms with van der Waals surface area (Å²) in [4.78, 5) is 2.36. The average Bonchev–Trinajstić information content (AvgIpc) is 3.65. The summed E-state index contributed by atoms with van der Waals surface area (Å²) in [6.07, 6.45) is 0. The van der Waals surface area contributed by atoms with Crippen molar-refractivity contribution in [3.63, 3.8) is 0 Å². The van der Waals surface area contributed by atoms with Gasteiger partial charge in [-0.25, -0.2) is 0 Å². The molecule has 54 heavy (non-hydrogen) atoms. The second-order valence-electron chi connectivity index (χ2n) is 13.7. The summed E-state index contributed by atoms with van der Waals surface area (Å²) in [6, 6.07) is 75.8. The van der Waals surface area contributed by atoms with Crippen LogP contribution in [0.15, 0.2) is 217 Å². The zero-order valence-corrected chi connectivity index (χ0v) is 29.6.